The van der Waals surface area contributed by atoms with Crippen LogP contribution in [0.5, 0.6) is 0 Å². The highest BCUT2D eigenvalue weighted by Gasteiger charge is 2.47. The third-order valence-corrected chi connectivity index (χ3v) is 4.15. The second kappa shape index (κ2) is 4.36. The van der Waals surface area contributed by atoms with Crippen LogP contribution in [0, 0.1) is 11.3 Å². The Morgan fingerprint density at radius 3 is 2.47 bits per heavy atom. The van der Waals surface area contributed by atoms with Crippen LogP contribution in [-0.2, 0) is 10.0 Å². The minimum absolute atomic E-state index is 0.149. The van der Waals surface area contributed by atoms with Crippen molar-refractivity contribution in [2.75, 3.05) is 5.32 Å². The third kappa shape index (κ3) is 2.83. The van der Waals surface area contributed by atoms with E-state index in [2.05, 4.69) is 44.9 Å². The van der Waals surface area contributed by atoms with Crippen LogP contribution in [0.3, 0.4) is 0 Å². The first kappa shape index (κ1) is 14.1. The second-order valence-electron chi connectivity index (χ2n) is 6.88. The lowest BCUT2D eigenvalue weighted by atomic mass is 9.78. The molecular weight excluding hydrogens is 252 g/mol. The molecule has 0 fully saturated rings. The van der Waals surface area contributed by atoms with Gasteiger partial charge in [-0.2, -0.15) is 5.26 Å². The lowest BCUT2D eigenvalue weighted by Gasteiger charge is -2.45. The van der Waals surface area contributed by atoms with Crippen LogP contribution in [0.1, 0.15) is 25.8 Å². The average molecular weight is 274 g/mol. The zero-order chi connectivity index (χ0) is 14.3. The number of hydrogen-bond donors (Lipinski definition) is 1. The normalized spacial score (nSPS) is 25.1. The van der Waals surface area contributed by atoms with Crippen molar-refractivity contribution < 1.29 is 4.43 Å². The van der Waals surface area contributed by atoms with E-state index in [9.17, 15) is 5.26 Å². The van der Waals surface area contributed by atoms with Crippen molar-refractivity contribution in [1.82, 2.24) is 0 Å². The lowest BCUT2D eigenvalue weighted by Crippen LogP contribution is -2.50. The molecule has 0 aromatic heterocycles. The van der Waals surface area contributed by atoms with Gasteiger partial charge in [0.25, 0.3) is 0 Å². The summed E-state index contributed by atoms with van der Waals surface area (Å²) in [6.45, 7) is 10.6. The van der Waals surface area contributed by atoms with Crippen LogP contribution >= 0.6 is 0 Å². The molecule has 0 spiro atoms. The van der Waals surface area contributed by atoms with E-state index in [0.29, 0.717) is 6.42 Å². The molecule has 1 heterocycles. The summed E-state index contributed by atoms with van der Waals surface area (Å²) < 4.78 is 6.32. The Balaban J connectivity index is 2.57. The van der Waals surface area contributed by atoms with Crippen LogP contribution in [0.15, 0.2) is 24.3 Å². The summed E-state index contributed by atoms with van der Waals surface area (Å²) in [7, 11) is -1.82. The number of nitriles is 1. The highest BCUT2D eigenvalue weighted by molar-refractivity contribution is 6.69. The number of nitrogens with zero attached hydrogens (tertiary/aromatic N) is 1. The molecule has 2 rings (SSSR count). The van der Waals surface area contributed by atoms with Gasteiger partial charge in [0.1, 0.15) is 6.07 Å². The quantitative estimate of drug-likeness (QED) is 0.833. The predicted molar refractivity (Wildman–Crippen MR) is 80.5 cm³/mol. The molecule has 1 aromatic rings. The van der Waals surface area contributed by atoms with E-state index in [-0.39, 0.29) is 5.54 Å². The molecule has 0 saturated heterocycles. The molecule has 102 valence electrons. The zero-order valence-corrected chi connectivity index (χ0v) is 13.4. The Morgan fingerprint density at radius 1 is 1.26 bits per heavy atom. The summed E-state index contributed by atoms with van der Waals surface area (Å²) in [5, 5.41) is 13.3. The lowest BCUT2D eigenvalue weighted by molar-refractivity contribution is 0.0847. The molecule has 0 aliphatic carbocycles. The Bertz CT molecular complexity index is 528. The maximum Gasteiger partial charge on any atom is 0.186 e. The minimum Gasteiger partial charge on any atom is -0.396 e. The van der Waals surface area contributed by atoms with Gasteiger partial charge in [-0.25, -0.2) is 0 Å². The molecule has 1 N–H and O–H groups in total. The van der Waals surface area contributed by atoms with Crippen molar-refractivity contribution in [3.8, 4) is 6.07 Å². The molecule has 3 nitrogen and oxygen atoms in total. The van der Waals surface area contributed by atoms with Gasteiger partial charge in [-0.3, -0.25) is 0 Å². The SMILES string of the molecule is CC1(C)CC(C#N)(O[Si](C)(C)C)c2ccccc2N1. The van der Waals surface area contributed by atoms with Gasteiger partial charge in [0.15, 0.2) is 13.9 Å². The summed E-state index contributed by atoms with van der Waals surface area (Å²) in [5.41, 5.74) is 1.01. The molecule has 0 bridgehead atoms. The number of rotatable bonds is 2. The number of fused-ring (bicyclic) bond motifs is 1. The van der Waals surface area contributed by atoms with Crippen LogP contribution in [-0.4, -0.2) is 13.9 Å². The van der Waals surface area contributed by atoms with Crippen molar-refractivity contribution in [3.05, 3.63) is 29.8 Å². The van der Waals surface area contributed by atoms with Gasteiger partial charge in [-0.15, -0.1) is 0 Å². The number of para-hydroxylation sites is 1. The summed E-state index contributed by atoms with van der Waals surface area (Å²) in [4.78, 5) is 0. The molecule has 0 radical (unpaired) electrons. The van der Waals surface area contributed by atoms with Crippen LogP contribution in [0.2, 0.25) is 19.6 Å². The molecule has 1 unspecified atom stereocenters. The molecule has 1 atom stereocenters. The van der Waals surface area contributed by atoms with Crippen LogP contribution in [0.25, 0.3) is 0 Å². The Morgan fingerprint density at radius 2 is 1.89 bits per heavy atom. The fraction of sp³-hybridized carbons (Fsp3) is 0.533. The molecule has 0 saturated carbocycles. The maximum atomic E-state index is 9.80. The van der Waals surface area contributed by atoms with Gasteiger partial charge in [0, 0.05) is 23.2 Å². The molecular formula is C15H22N2OSi. The van der Waals surface area contributed by atoms with Crippen molar-refractivity contribution in [1.29, 1.82) is 5.26 Å². The van der Waals surface area contributed by atoms with Gasteiger partial charge in [0.2, 0.25) is 0 Å². The smallest absolute Gasteiger partial charge is 0.186 e. The van der Waals surface area contributed by atoms with Crippen LogP contribution in [0.4, 0.5) is 5.69 Å². The van der Waals surface area contributed by atoms with E-state index >= 15 is 0 Å². The Hall–Kier alpha value is -1.31. The highest BCUT2D eigenvalue weighted by Crippen LogP contribution is 2.45. The summed E-state index contributed by atoms with van der Waals surface area (Å²) in [5.74, 6) is 0. The van der Waals surface area contributed by atoms with E-state index < -0.39 is 13.9 Å². The average Bonchev–Trinajstić information content (AvgIpc) is 2.25. The number of benzene rings is 1. The second-order valence-corrected chi connectivity index (χ2v) is 11.3. The minimum atomic E-state index is -1.82. The van der Waals surface area contributed by atoms with Gasteiger partial charge in [-0.05, 0) is 39.6 Å². The molecule has 1 aromatic carbocycles. The first-order chi connectivity index (χ1) is 8.68. The molecule has 1 aliphatic heterocycles. The zero-order valence-electron chi connectivity index (χ0n) is 12.4. The van der Waals surface area contributed by atoms with Crippen molar-refractivity contribution in [2.45, 2.75) is 51.0 Å². The Labute approximate surface area is 116 Å². The molecule has 1 aliphatic rings. The largest absolute Gasteiger partial charge is 0.396 e. The number of hydrogen-bond acceptors (Lipinski definition) is 3. The summed E-state index contributed by atoms with van der Waals surface area (Å²) in [6, 6.07) is 10.4. The van der Waals surface area contributed by atoms with Crippen LogP contribution < -0.4 is 5.32 Å². The molecule has 0 amide bonds. The third-order valence-electron chi connectivity index (χ3n) is 3.19. The monoisotopic (exact) mass is 274 g/mol. The fourth-order valence-corrected chi connectivity index (χ4v) is 4.08. The van der Waals surface area contributed by atoms with E-state index in [1.807, 2.05) is 24.3 Å². The van der Waals surface area contributed by atoms with Gasteiger partial charge < -0.3 is 9.74 Å². The van der Waals surface area contributed by atoms with Crippen molar-refractivity contribution in [3.63, 3.8) is 0 Å². The molecule has 19 heavy (non-hydrogen) atoms. The van der Waals surface area contributed by atoms with E-state index in [0.717, 1.165) is 11.3 Å². The summed E-state index contributed by atoms with van der Waals surface area (Å²) in [6.07, 6.45) is 0.664. The van der Waals surface area contributed by atoms with E-state index in [1.54, 1.807) is 0 Å². The summed E-state index contributed by atoms with van der Waals surface area (Å²) >= 11 is 0. The standard InChI is InChI=1S/C15H22N2OSi/c1-14(2)10-15(11-16,18-19(3,4)5)12-8-6-7-9-13(12)17-14/h6-9,17H,10H2,1-5H3. The number of anilines is 1. The molecule has 4 heteroatoms. The van der Waals surface area contributed by atoms with Crippen molar-refractivity contribution >= 4 is 14.0 Å². The number of nitrogens with one attached hydrogen (secondary N) is 1. The van der Waals surface area contributed by atoms with E-state index in [1.165, 1.54) is 0 Å². The fourth-order valence-electron chi connectivity index (χ4n) is 2.81. The topological polar surface area (TPSA) is 45.0 Å². The van der Waals surface area contributed by atoms with Gasteiger partial charge >= 0.3 is 0 Å². The highest BCUT2D eigenvalue weighted by atomic mass is 28.4. The predicted octanol–water partition coefficient (Wildman–Crippen LogP) is 3.85. The van der Waals surface area contributed by atoms with Gasteiger partial charge in [0.05, 0.1) is 0 Å². The van der Waals surface area contributed by atoms with E-state index in [4.69, 9.17) is 4.43 Å². The first-order valence-electron chi connectivity index (χ1n) is 6.67. The first-order valence-corrected chi connectivity index (χ1v) is 10.1. The Kier molecular flexibility index (Phi) is 3.24. The maximum absolute atomic E-state index is 9.80. The van der Waals surface area contributed by atoms with Crippen molar-refractivity contribution in [2.24, 2.45) is 0 Å². The van der Waals surface area contributed by atoms with Gasteiger partial charge in [-0.1, -0.05) is 18.2 Å².